The van der Waals surface area contributed by atoms with Crippen molar-refractivity contribution < 1.29 is 14.7 Å². The van der Waals surface area contributed by atoms with E-state index in [4.69, 9.17) is 16.7 Å². The molecule has 1 saturated heterocycles. The van der Waals surface area contributed by atoms with E-state index in [0.717, 1.165) is 17.7 Å². The summed E-state index contributed by atoms with van der Waals surface area (Å²) < 4.78 is 0. The Morgan fingerprint density at radius 1 is 1.43 bits per heavy atom. The number of rotatable bonds is 5. The van der Waals surface area contributed by atoms with E-state index in [9.17, 15) is 9.59 Å². The van der Waals surface area contributed by atoms with Crippen molar-refractivity contribution in [3.8, 4) is 0 Å². The van der Waals surface area contributed by atoms with Crippen LogP contribution in [0.15, 0.2) is 24.3 Å². The molecule has 1 aromatic rings. The molecular weight excluding hydrogens is 310 g/mol. The van der Waals surface area contributed by atoms with Crippen molar-refractivity contribution in [2.75, 3.05) is 18.8 Å². The smallest absolute Gasteiger partial charge is 0.308 e. The first kappa shape index (κ1) is 16.2. The topological polar surface area (TPSA) is 57.6 Å². The minimum absolute atomic E-state index is 0.0213. The van der Waals surface area contributed by atoms with Crippen LogP contribution in [-0.2, 0) is 15.3 Å². The summed E-state index contributed by atoms with van der Waals surface area (Å²) in [4.78, 5) is 24.8. The molecule has 1 heterocycles. The van der Waals surface area contributed by atoms with Crippen molar-refractivity contribution in [1.82, 2.24) is 4.90 Å². The fourth-order valence-electron chi connectivity index (χ4n) is 2.38. The molecule has 0 aromatic heterocycles. The molecule has 1 unspecified atom stereocenters. The number of carbonyl (C=O) groups excluding carboxylic acids is 1. The van der Waals surface area contributed by atoms with Gasteiger partial charge in [0, 0.05) is 23.9 Å². The second-order valence-corrected chi connectivity index (χ2v) is 6.56. The Hall–Kier alpha value is -1.20. The van der Waals surface area contributed by atoms with Crippen molar-refractivity contribution in [3.05, 3.63) is 34.9 Å². The van der Waals surface area contributed by atoms with Crippen LogP contribution < -0.4 is 0 Å². The van der Waals surface area contributed by atoms with Gasteiger partial charge in [0.1, 0.15) is 0 Å². The number of halogens is 1. The van der Waals surface area contributed by atoms with E-state index in [1.165, 1.54) is 11.8 Å². The van der Waals surface area contributed by atoms with Crippen molar-refractivity contribution in [2.45, 2.75) is 18.6 Å². The highest BCUT2D eigenvalue weighted by molar-refractivity contribution is 7.99. The third kappa shape index (κ3) is 4.93. The zero-order valence-electron chi connectivity index (χ0n) is 11.6. The Morgan fingerprint density at radius 3 is 2.95 bits per heavy atom. The zero-order chi connectivity index (χ0) is 15.2. The molecule has 0 radical (unpaired) electrons. The number of carboxylic acid groups (broad SMARTS) is 1. The maximum atomic E-state index is 12.1. The number of carbonyl (C=O) groups is 2. The van der Waals surface area contributed by atoms with Gasteiger partial charge in [-0.25, -0.2) is 0 Å². The van der Waals surface area contributed by atoms with Crippen LogP contribution in [0.1, 0.15) is 18.4 Å². The van der Waals surface area contributed by atoms with Gasteiger partial charge < -0.3 is 10.0 Å². The molecule has 1 fully saturated rings. The van der Waals surface area contributed by atoms with Crippen molar-refractivity contribution in [1.29, 1.82) is 0 Å². The molecular formula is C15H18ClNO3S. The van der Waals surface area contributed by atoms with Crippen LogP contribution in [0.2, 0.25) is 5.02 Å². The summed E-state index contributed by atoms with van der Waals surface area (Å²) in [7, 11) is 0. The highest BCUT2D eigenvalue weighted by Crippen LogP contribution is 2.20. The summed E-state index contributed by atoms with van der Waals surface area (Å²) in [6.45, 7) is 1.01. The van der Waals surface area contributed by atoms with Gasteiger partial charge in [0.25, 0.3) is 0 Å². The van der Waals surface area contributed by atoms with E-state index in [1.54, 1.807) is 4.90 Å². The van der Waals surface area contributed by atoms with E-state index in [0.29, 0.717) is 30.3 Å². The van der Waals surface area contributed by atoms with E-state index in [2.05, 4.69) is 0 Å². The molecule has 1 aliphatic rings. The lowest BCUT2D eigenvalue weighted by Gasteiger charge is -2.30. The number of nitrogens with zero attached hydrogens (tertiary/aromatic N) is 1. The maximum Gasteiger partial charge on any atom is 0.308 e. The minimum Gasteiger partial charge on any atom is -0.481 e. The van der Waals surface area contributed by atoms with E-state index < -0.39 is 11.9 Å². The van der Waals surface area contributed by atoms with Gasteiger partial charge in [-0.15, -0.1) is 11.8 Å². The molecule has 2 rings (SSSR count). The summed E-state index contributed by atoms with van der Waals surface area (Å²) >= 11 is 7.44. The number of thioether (sulfide) groups is 1. The van der Waals surface area contributed by atoms with Gasteiger partial charge in [-0.2, -0.15) is 0 Å². The Balaban J connectivity index is 1.78. The lowest BCUT2D eigenvalue weighted by molar-refractivity contribution is -0.145. The number of carboxylic acids is 1. The lowest BCUT2D eigenvalue weighted by Crippen LogP contribution is -2.43. The number of amides is 1. The molecule has 4 nitrogen and oxygen atoms in total. The maximum absolute atomic E-state index is 12.1. The van der Waals surface area contributed by atoms with Gasteiger partial charge in [0.2, 0.25) is 5.91 Å². The molecule has 0 aliphatic carbocycles. The van der Waals surface area contributed by atoms with Crippen molar-refractivity contribution >= 4 is 35.2 Å². The Bertz CT molecular complexity index is 523. The monoisotopic (exact) mass is 327 g/mol. The SMILES string of the molecule is O=C(O)C1CCCN(C(=O)CSCc2cccc(Cl)c2)C1. The van der Waals surface area contributed by atoms with Gasteiger partial charge in [-0.05, 0) is 30.5 Å². The lowest BCUT2D eigenvalue weighted by atomic mass is 9.98. The first-order chi connectivity index (χ1) is 10.1. The standard InChI is InChI=1S/C15H18ClNO3S/c16-13-5-1-3-11(7-13)9-21-10-14(18)17-6-2-4-12(8-17)15(19)20/h1,3,5,7,12H,2,4,6,8-10H2,(H,19,20). The molecule has 1 atom stereocenters. The van der Waals surface area contributed by atoms with Crippen molar-refractivity contribution in [3.63, 3.8) is 0 Å². The van der Waals surface area contributed by atoms with Gasteiger partial charge in [0.15, 0.2) is 0 Å². The average molecular weight is 328 g/mol. The van der Waals surface area contributed by atoms with Crippen LogP contribution in [0.25, 0.3) is 0 Å². The van der Waals surface area contributed by atoms with E-state index >= 15 is 0 Å². The minimum atomic E-state index is -0.806. The number of aliphatic carboxylic acids is 1. The van der Waals surface area contributed by atoms with Crippen LogP contribution in [0.3, 0.4) is 0 Å². The molecule has 1 aliphatic heterocycles. The van der Waals surface area contributed by atoms with Crippen LogP contribution >= 0.6 is 23.4 Å². The Morgan fingerprint density at radius 2 is 2.24 bits per heavy atom. The largest absolute Gasteiger partial charge is 0.481 e. The summed E-state index contributed by atoms with van der Waals surface area (Å²) in [5.74, 6) is -0.103. The van der Waals surface area contributed by atoms with Crippen molar-refractivity contribution in [2.24, 2.45) is 5.92 Å². The fourth-order valence-corrected chi connectivity index (χ4v) is 3.47. The zero-order valence-corrected chi connectivity index (χ0v) is 13.2. The summed E-state index contributed by atoms with van der Waals surface area (Å²) in [5, 5.41) is 9.73. The normalized spacial score (nSPS) is 18.5. The second kappa shape index (κ2) is 7.71. The molecule has 0 spiro atoms. The van der Waals surface area contributed by atoms with Gasteiger partial charge in [-0.3, -0.25) is 9.59 Å². The number of hydrogen-bond acceptors (Lipinski definition) is 3. The van der Waals surface area contributed by atoms with Crippen LogP contribution in [0.4, 0.5) is 0 Å². The Kier molecular flexibility index (Phi) is 5.94. The predicted octanol–water partition coefficient (Wildman–Crippen LogP) is 2.90. The summed E-state index contributed by atoms with van der Waals surface area (Å²) in [5.41, 5.74) is 1.09. The van der Waals surface area contributed by atoms with Crippen LogP contribution in [-0.4, -0.2) is 40.7 Å². The van der Waals surface area contributed by atoms with Gasteiger partial charge >= 0.3 is 5.97 Å². The first-order valence-electron chi connectivity index (χ1n) is 6.89. The molecule has 1 N–H and O–H groups in total. The van der Waals surface area contributed by atoms with Crippen LogP contribution in [0.5, 0.6) is 0 Å². The third-order valence-corrected chi connectivity index (χ3v) is 4.73. The quantitative estimate of drug-likeness (QED) is 0.903. The summed E-state index contributed by atoms with van der Waals surface area (Å²) in [6.07, 6.45) is 1.43. The summed E-state index contributed by atoms with van der Waals surface area (Å²) in [6, 6.07) is 7.58. The Labute approximate surface area is 133 Å². The number of benzene rings is 1. The van der Waals surface area contributed by atoms with Gasteiger partial charge in [-0.1, -0.05) is 23.7 Å². The van der Waals surface area contributed by atoms with Crippen LogP contribution in [0, 0.1) is 5.92 Å². The molecule has 21 heavy (non-hydrogen) atoms. The average Bonchev–Trinajstić information content (AvgIpc) is 2.47. The van der Waals surface area contributed by atoms with Gasteiger partial charge in [0.05, 0.1) is 11.7 Å². The fraction of sp³-hybridized carbons (Fsp3) is 0.467. The third-order valence-electron chi connectivity index (χ3n) is 3.51. The highest BCUT2D eigenvalue weighted by atomic mass is 35.5. The number of piperidine rings is 1. The predicted molar refractivity (Wildman–Crippen MR) is 84.6 cm³/mol. The molecule has 0 bridgehead atoms. The van der Waals surface area contributed by atoms with E-state index in [-0.39, 0.29) is 5.91 Å². The number of likely N-dealkylation sites (tertiary alicyclic amines) is 1. The number of hydrogen-bond donors (Lipinski definition) is 1. The first-order valence-corrected chi connectivity index (χ1v) is 8.42. The molecule has 1 amide bonds. The van der Waals surface area contributed by atoms with E-state index in [1.807, 2.05) is 24.3 Å². The highest BCUT2D eigenvalue weighted by Gasteiger charge is 2.27. The molecule has 1 aromatic carbocycles. The molecule has 114 valence electrons. The molecule has 0 saturated carbocycles. The molecule has 6 heteroatoms. The second-order valence-electron chi connectivity index (χ2n) is 5.14.